The fraction of sp³-hybridized carbons (Fsp3) is 0.565. The molecular formula is C23H27F3O2. The van der Waals surface area contributed by atoms with Gasteiger partial charge in [0.05, 0.1) is 18.6 Å². The second kappa shape index (κ2) is 9.62. The van der Waals surface area contributed by atoms with Crippen LogP contribution in [0.5, 0.6) is 0 Å². The van der Waals surface area contributed by atoms with Crippen LogP contribution in [-0.4, -0.2) is 25.7 Å². The fourth-order valence-electron chi connectivity index (χ4n) is 3.78. The number of hydrogen-bond acceptors (Lipinski definition) is 2. The van der Waals surface area contributed by atoms with Crippen molar-refractivity contribution >= 4 is 0 Å². The van der Waals surface area contributed by atoms with E-state index in [4.69, 9.17) is 9.47 Å². The van der Waals surface area contributed by atoms with Gasteiger partial charge in [0.15, 0.2) is 18.3 Å². The molecule has 1 heterocycles. The van der Waals surface area contributed by atoms with Gasteiger partial charge in [-0.2, -0.15) is 0 Å². The summed E-state index contributed by atoms with van der Waals surface area (Å²) in [6, 6.07) is 9.17. The summed E-state index contributed by atoms with van der Waals surface area (Å²) < 4.78 is 53.8. The van der Waals surface area contributed by atoms with E-state index in [0.29, 0.717) is 13.2 Å². The molecule has 0 radical (unpaired) electrons. The van der Waals surface area contributed by atoms with E-state index in [9.17, 15) is 13.2 Å². The third kappa shape index (κ3) is 4.98. The zero-order valence-corrected chi connectivity index (χ0v) is 16.2. The standard InChI is InChI=1S/C23H27F3O2/c1-2-3-5-10-18-15-27-22(28-16-18)23(12-11-17-8-6-4-7-9-17)13-19(24)21(26)20(25)14-23/h4,6-9,18-19,22H,2-3,5,10,13-16H2,1H3/t18?,19-,22?,23-/m1/s1. The van der Waals surface area contributed by atoms with E-state index in [2.05, 4.69) is 18.8 Å². The van der Waals surface area contributed by atoms with Crippen molar-refractivity contribution in [2.45, 2.75) is 57.9 Å². The van der Waals surface area contributed by atoms with Gasteiger partial charge in [-0.3, -0.25) is 0 Å². The minimum absolute atomic E-state index is 0.267. The van der Waals surface area contributed by atoms with Gasteiger partial charge in [-0.15, -0.1) is 0 Å². The van der Waals surface area contributed by atoms with E-state index >= 15 is 0 Å². The molecule has 0 bridgehead atoms. The summed E-state index contributed by atoms with van der Waals surface area (Å²) in [5.41, 5.74) is -0.524. The minimum atomic E-state index is -2.03. The summed E-state index contributed by atoms with van der Waals surface area (Å²) in [7, 11) is 0. The van der Waals surface area contributed by atoms with E-state index in [1.54, 1.807) is 0 Å². The smallest absolute Gasteiger partial charge is 0.174 e. The molecule has 1 aromatic rings. The van der Waals surface area contributed by atoms with Crippen LogP contribution in [0.1, 0.15) is 51.0 Å². The summed E-state index contributed by atoms with van der Waals surface area (Å²) in [5.74, 6) is 3.80. The first kappa shape index (κ1) is 21.0. The highest BCUT2D eigenvalue weighted by molar-refractivity contribution is 5.37. The molecule has 0 amide bonds. The van der Waals surface area contributed by atoms with Crippen LogP contribution >= 0.6 is 0 Å². The van der Waals surface area contributed by atoms with Crippen molar-refractivity contribution in [2.75, 3.05) is 13.2 Å². The first-order chi connectivity index (χ1) is 13.5. The number of halogens is 3. The molecule has 2 aliphatic rings. The van der Waals surface area contributed by atoms with Crippen LogP contribution in [0.3, 0.4) is 0 Å². The number of allylic oxidation sites excluding steroid dienone is 2. The second-order valence-electron chi connectivity index (χ2n) is 7.73. The van der Waals surface area contributed by atoms with Crippen molar-refractivity contribution in [1.29, 1.82) is 0 Å². The predicted octanol–water partition coefficient (Wildman–Crippen LogP) is 5.88. The average Bonchev–Trinajstić information content (AvgIpc) is 2.72. The highest BCUT2D eigenvalue weighted by atomic mass is 19.2. The van der Waals surface area contributed by atoms with Crippen molar-refractivity contribution < 1.29 is 22.6 Å². The van der Waals surface area contributed by atoms with Gasteiger partial charge < -0.3 is 9.47 Å². The van der Waals surface area contributed by atoms with Gasteiger partial charge in [-0.25, -0.2) is 13.2 Å². The van der Waals surface area contributed by atoms with Crippen LogP contribution < -0.4 is 0 Å². The van der Waals surface area contributed by atoms with Crippen molar-refractivity contribution in [3.63, 3.8) is 0 Å². The van der Waals surface area contributed by atoms with Gasteiger partial charge in [0.2, 0.25) is 0 Å². The van der Waals surface area contributed by atoms with Crippen molar-refractivity contribution in [1.82, 2.24) is 0 Å². The number of hydrogen-bond donors (Lipinski definition) is 0. The summed E-state index contributed by atoms with van der Waals surface area (Å²) in [6.45, 7) is 3.08. The van der Waals surface area contributed by atoms with Crippen LogP contribution in [-0.2, 0) is 9.47 Å². The SMILES string of the molecule is CCCCCC1COC([C@@]2(C#Cc3ccccc3)CC(F)=C(F)[C@H](F)C2)OC1. The molecule has 2 nitrogen and oxygen atoms in total. The van der Waals surface area contributed by atoms with E-state index in [1.165, 1.54) is 0 Å². The Morgan fingerprint density at radius 1 is 1.11 bits per heavy atom. The number of rotatable bonds is 5. The Balaban J connectivity index is 1.78. The largest absolute Gasteiger partial charge is 0.351 e. The highest BCUT2D eigenvalue weighted by Crippen LogP contribution is 2.46. The number of benzene rings is 1. The summed E-state index contributed by atoms with van der Waals surface area (Å²) in [6.07, 6.45) is 0.873. The van der Waals surface area contributed by atoms with Crippen molar-refractivity contribution in [3.05, 3.63) is 47.5 Å². The maximum atomic E-state index is 14.2. The fourth-order valence-corrected chi connectivity index (χ4v) is 3.78. The lowest BCUT2D eigenvalue weighted by molar-refractivity contribution is -0.245. The minimum Gasteiger partial charge on any atom is -0.351 e. The van der Waals surface area contributed by atoms with Gasteiger partial charge in [0.25, 0.3) is 0 Å². The highest BCUT2D eigenvalue weighted by Gasteiger charge is 2.49. The molecule has 1 aliphatic heterocycles. The Hall–Kier alpha value is -1.77. The molecule has 1 aliphatic carbocycles. The van der Waals surface area contributed by atoms with Crippen LogP contribution in [0, 0.1) is 23.2 Å². The molecule has 0 spiro atoms. The lowest BCUT2D eigenvalue weighted by Crippen LogP contribution is -2.47. The van der Waals surface area contributed by atoms with Gasteiger partial charge in [0, 0.05) is 24.3 Å². The molecule has 5 heteroatoms. The maximum absolute atomic E-state index is 14.2. The second-order valence-corrected chi connectivity index (χ2v) is 7.73. The third-order valence-electron chi connectivity index (χ3n) is 5.41. The van der Waals surface area contributed by atoms with Crippen LogP contribution in [0.2, 0.25) is 0 Å². The molecular weight excluding hydrogens is 365 g/mol. The third-order valence-corrected chi connectivity index (χ3v) is 5.41. The Morgan fingerprint density at radius 3 is 2.46 bits per heavy atom. The van der Waals surface area contributed by atoms with Crippen LogP contribution in [0.4, 0.5) is 13.2 Å². The molecule has 152 valence electrons. The molecule has 1 fully saturated rings. The topological polar surface area (TPSA) is 18.5 Å². The van der Waals surface area contributed by atoms with Gasteiger partial charge in [-0.05, 0) is 18.6 Å². The first-order valence-electron chi connectivity index (χ1n) is 10.0. The van der Waals surface area contributed by atoms with E-state index in [1.807, 2.05) is 30.3 Å². The monoisotopic (exact) mass is 392 g/mol. The van der Waals surface area contributed by atoms with Gasteiger partial charge in [0.1, 0.15) is 5.83 Å². The van der Waals surface area contributed by atoms with E-state index < -0.39 is 29.5 Å². The van der Waals surface area contributed by atoms with Crippen molar-refractivity contribution in [3.8, 4) is 11.8 Å². The maximum Gasteiger partial charge on any atom is 0.174 e. The lowest BCUT2D eigenvalue weighted by atomic mass is 9.74. The molecule has 0 aromatic heterocycles. The number of unbranched alkanes of at least 4 members (excludes halogenated alkanes) is 2. The molecule has 1 aromatic carbocycles. The van der Waals surface area contributed by atoms with E-state index in [0.717, 1.165) is 31.2 Å². The normalized spacial score (nSPS) is 30.6. The van der Waals surface area contributed by atoms with Gasteiger partial charge >= 0.3 is 0 Å². The molecule has 0 unspecified atom stereocenters. The zero-order valence-electron chi connectivity index (χ0n) is 16.2. The number of alkyl halides is 1. The van der Waals surface area contributed by atoms with Crippen LogP contribution in [0.15, 0.2) is 42.0 Å². The molecule has 1 saturated heterocycles. The van der Waals surface area contributed by atoms with Crippen LogP contribution in [0.25, 0.3) is 0 Å². The Bertz CT molecular complexity index is 729. The Morgan fingerprint density at radius 2 is 1.82 bits per heavy atom. The summed E-state index contributed by atoms with van der Waals surface area (Å²) >= 11 is 0. The molecule has 0 N–H and O–H groups in total. The van der Waals surface area contributed by atoms with Gasteiger partial charge in [-0.1, -0.05) is 56.2 Å². The predicted molar refractivity (Wildman–Crippen MR) is 102 cm³/mol. The summed E-state index contributed by atoms with van der Waals surface area (Å²) in [4.78, 5) is 0. The van der Waals surface area contributed by atoms with Crippen molar-refractivity contribution in [2.24, 2.45) is 11.3 Å². The van der Waals surface area contributed by atoms with E-state index in [-0.39, 0.29) is 18.8 Å². The molecule has 0 saturated carbocycles. The lowest BCUT2D eigenvalue weighted by Gasteiger charge is -2.42. The first-order valence-corrected chi connectivity index (χ1v) is 10.0. The Kier molecular flexibility index (Phi) is 7.20. The summed E-state index contributed by atoms with van der Waals surface area (Å²) in [5, 5.41) is 0. The average molecular weight is 392 g/mol. The number of ether oxygens (including phenoxy) is 2. The zero-order chi connectivity index (χ0) is 20.0. The molecule has 28 heavy (non-hydrogen) atoms. The molecule has 3 rings (SSSR count). The Labute approximate surface area is 165 Å². The quantitative estimate of drug-likeness (QED) is 0.460. The molecule has 2 atom stereocenters.